The van der Waals surface area contributed by atoms with Crippen LogP contribution >= 0.6 is 0 Å². The Labute approximate surface area is 113 Å². The van der Waals surface area contributed by atoms with Crippen molar-refractivity contribution in [3.63, 3.8) is 0 Å². The van der Waals surface area contributed by atoms with Gasteiger partial charge in [-0.25, -0.2) is 4.79 Å². The molecule has 6 nitrogen and oxygen atoms in total. The predicted octanol–water partition coefficient (Wildman–Crippen LogP) is 1.19. The van der Waals surface area contributed by atoms with Crippen molar-refractivity contribution in [2.24, 2.45) is 0 Å². The number of carbonyl (C=O) groups is 2. The molecule has 1 aliphatic carbocycles. The number of rotatable bonds is 8. The Balaban J connectivity index is 2.55. The number of urea groups is 1. The third-order valence-corrected chi connectivity index (χ3v) is 3.61. The van der Waals surface area contributed by atoms with Crippen LogP contribution in [-0.2, 0) is 4.79 Å². The van der Waals surface area contributed by atoms with Gasteiger partial charge in [0.1, 0.15) is 0 Å². The van der Waals surface area contributed by atoms with Gasteiger partial charge in [-0.1, -0.05) is 13.3 Å². The van der Waals surface area contributed by atoms with E-state index in [1.165, 1.54) is 0 Å². The number of aliphatic carboxylic acids is 1. The lowest BCUT2D eigenvalue weighted by atomic mass is 9.74. The molecule has 0 spiro atoms. The molecule has 0 aliphatic heterocycles. The number of unbranched alkanes of at least 4 members (excludes halogenated alkanes) is 1. The van der Waals surface area contributed by atoms with Gasteiger partial charge in [0, 0.05) is 13.1 Å². The minimum atomic E-state index is -0.887. The molecule has 1 fully saturated rings. The summed E-state index contributed by atoms with van der Waals surface area (Å²) in [7, 11) is 0. The zero-order chi connectivity index (χ0) is 14.3. The van der Waals surface area contributed by atoms with Gasteiger partial charge < -0.3 is 20.4 Å². The van der Waals surface area contributed by atoms with Crippen LogP contribution in [0.25, 0.3) is 0 Å². The van der Waals surface area contributed by atoms with E-state index in [0.29, 0.717) is 19.4 Å². The Hall–Kier alpha value is -1.30. The standard InChI is InChI=1S/C13H24N2O4/c1-2-3-7-15(8-9-16)12(19)14-13(5-4-6-13)10-11(17)18/h16H,2-10H2,1H3,(H,14,19)(H,17,18). The molecule has 0 aromatic rings. The number of carbonyl (C=O) groups excluding carboxylic acids is 1. The van der Waals surface area contributed by atoms with Crippen molar-refractivity contribution in [2.45, 2.75) is 51.0 Å². The molecular weight excluding hydrogens is 248 g/mol. The number of nitrogens with zero attached hydrogens (tertiary/aromatic N) is 1. The Kier molecular flexibility index (Phi) is 6.08. The summed E-state index contributed by atoms with van der Waals surface area (Å²) in [4.78, 5) is 24.6. The highest BCUT2D eigenvalue weighted by molar-refractivity contribution is 5.77. The van der Waals surface area contributed by atoms with E-state index in [0.717, 1.165) is 19.3 Å². The maximum atomic E-state index is 12.1. The summed E-state index contributed by atoms with van der Waals surface area (Å²) in [5.74, 6) is -0.887. The van der Waals surface area contributed by atoms with Crippen LogP contribution < -0.4 is 5.32 Å². The van der Waals surface area contributed by atoms with Crippen molar-refractivity contribution in [3.8, 4) is 0 Å². The van der Waals surface area contributed by atoms with Gasteiger partial charge in [-0.05, 0) is 25.7 Å². The topological polar surface area (TPSA) is 89.9 Å². The van der Waals surface area contributed by atoms with Crippen LogP contribution in [0.15, 0.2) is 0 Å². The normalized spacial score (nSPS) is 16.5. The third kappa shape index (κ3) is 4.70. The highest BCUT2D eigenvalue weighted by Gasteiger charge is 2.41. The van der Waals surface area contributed by atoms with E-state index in [-0.39, 0.29) is 25.6 Å². The average Bonchev–Trinajstić information content (AvgIpc) is 2.30. The monoisotopic (exact) mass is 272 g/mol. The molecule has 1 rings (SSSR count). The Morgan fingerprint density at radius 1 is 1.32 bits per heavy atom. The lowest BCUT2D eigenvalue weighted by molar-refractivity contribution is -0.139. The largest absolute Gasteiger partial charge is 0.481 e. The fourth-order valence-electron chi connectivity index (χ4n) is 2.33. The molecule has 0 atom stereocenters. The first-order valence-corrected chi connectivity index (χ1v) is 6.93. The van der Waals surface area contributed by atoms with Gasteiger partial charge in [0.2, 0.25) is 0 Å². The molecule has 1 saturated carbocycles. The quantitative estimate of drug-likeness (QED) is 0.619. The van der Waals surface area contributed by atoms with E-state index in [9.17, 15) is 9.59 Å². The van der Waals surface area contributed by atoms with Crippen LogP contribution in [0.1, 0.15) is 45.4 Å². The fourth-order valence-corrected chi connectivity index (χ4v) is 2.33. The average molecular weight is 272 g/mol. The van der Waals surface area contributed by atoms with Crippen LogP contribution in [0, 0.1) is 0 Å². The van der Waals surface area contributed by atoms with Gasteiger partial charge >= 0.3 is 12.0 Å². The Bertz CT molecular complexity index is 316. The SMILES string of the molecule is CCCCN(CCO)C(=O)NC1(CC(=O)O)CCC1. The second-order valence-corrected chi connectivity index (χ2v) is 5.20. The van der Waals surface area contributed by atoms with E-state index in [2.05, 4.69) is 5.32 Å². The van der Waals surface area contributed by atoms with Crippen molar-refractivity contribution >= 4 is 12.0 Å². The van der Waals surface area contributed by atoms with Gasteiger partial charge in [0.15, 0.2) is 0 Å². The predicted molar refractivity (Wildman–Crippen MR) is 70.9 cm³/mol. The third-order valence-electron chi connectivity index (χ3n) is 3.61. The van der Waals surface area contributed by atoms with Gasteiger partial charge in [0.25, 0.3) is 0 Å². The molecule has 0 heterocycles. The number of nitrogens with one attached hydrogen (secondary N) is 1. The van der Waals surface area contributed by atoms with Crippen LogP contribution in [0.3, 0.4) is 0 Å². The lowest BCUT2D eigenvalue weighted by Gasteiger charge is -2.42. The summed E-state index contributed by atoms with van der Waals surface area (Å²) in [6.45, 7) is 2.83. The molecule has 110 valence electrons. The van der Waals surface area contributed by atoms with Crippen LogP contribution in [0.4, 0.5) is 4.79 Å². The molecule has 2 amide bonds. The first-order chi connectivity index (χ1) is 9.03. The highest BCUT2D eigenvalue weighted by atomic mass is 16.4. The van der Waals surface area contributed by atoms with Gasteiger partial charge in [-0.2, -0.15) is 0 Å². The van der Waals surface area contributed by atoms with E-state index in [1.807, 2.05) is 6.92 Å². The van der Waals surface area contributed by atoms with E-state index < -0.39 is 11.5 Å². The van der Waals surface area contributed by atoms with Crippen molar-refractivity contribution < 1.29 is 19.8 Å². The number of carboxylic acids is 1. The zero-order valence-corrected chi connectivity index (χ0v) is 11.5. The Morgan fingerprint density at radius 2 is 2.00 bits per heavy atom. The Morgan fingerprint density at radius 3 is 2.42 bits per heavy atom. The van der Waals surface area contributed by atoms with Crippen LogP contribution in [0.2, 0.25) is 0 Å². The van der Waals surface area contributed by atoms with Crippen molar-refractivity contribution in [1.82, 2.24) is 10.2 Å². The number of amides is 2. The second kappa shape index (κ2) is 7.33. The summed E-state index contributed by atoms with van der Waals surface area (Å²) >= 11 is 0. The molecule has 0 radical (unpaired) electrons. The summed E-state index contributed by atoms with van der Waals surface area (Å²) in [6.07, 6.45) is 4.19. The molecule has 0 saturated heterocycles. The van der Waals surface area contributed by atoms with Crippen LogP contribution in [0.5, 0.6) is 0 Å². The minimum Gasteiger partial charge on any atom is -0.481 e. The molecule has 0 aromatic carbocycles. The molecule has 0 aromatic heterocycles. The molecule has 1 aliphatic rings. The molecule has 19 heavy (non-hydrogen) atoms. The molecule has 6 heteroatoms. The lowest BCUT2D eigenvalue weighted by Crippen LogP contribution is -2.58. The van der Waals surface area contributed by atoms with Gasteiger partial charge in [-0.3, -0.25) is 4.79 Å². The number of hydrogen-bond donors (Lipinski definition) is 3. The molecule has 0 unspecified atom stereocenters. The van der Waals surface area contributed by atoms with Crippen molar-refractivity contribution in [3.05, 3.63) is 0 Å². The van der Waals surface area contributed by atoms with E-state index in [4.69, 9.17) is 10.2 Å². The summed E-state index contributed by atoms with van der Waals surface area (Å²) in [5, 5.41) is 20.7. The minimum absolute atomic E-state index is 0.0283. The summed E-state index contributed by atoms with van der Waals surface area (Å²) < 4.78 is 0. The summed E-state index contributed by atoms with van der Waals surface area (Å²) in [5.41, 5.74) is -0.581. The fraction of sp³-hybridized carbons (Fsp3) is 0.846. The van der Waals surface area contributed by atoms with Crippen molar-refractivity contribution in [2.75, 3.05) is 19.7 Å². The maximum Gasteiger partial charge on any atom is 0.317 e. The molecular formula is C13H24N2O4. The van der Waals surface area contributed by atoms with Crippen molar-refractivity contribution in [1.29, 1.82) is 0 Å². The summed E-state index contributed by atoms with van der Waals surface area (Å²) in [6, 6.07) is -0.261. The van der Waals surface area contributed by atoms with E-state index >= 15 is 0 Å². The number of aliphatic hydroxyl groups excluding tert-OH is 1. The zero-order valence-electron chi connectivity index (χ0n) is 11.5. The first kappa shape index (κ1) is 15.8. The smallest absolute Gasteiger partial charge is 0.317 e. The molecule has 3 N–H and O–H groups in total. The van der Waals surface area contributed by atoms with Gasteiger partial charge in [-0.15, -0.1) is 0 Å². The van der Waals surface area contributed by atoms with Crippen LogP contribution in [-0.4, -0.2) is 52.3 Å². The molecule has 0 bridgehead atoms. The van der Waals surface area contributed by atoms with E-state index in [1.54, 1.807) is 4.90 Å². The second-order valence-electron chi connectivity index (χ2n) is 5.20. The maximum absolute atomic E-state index is 12.1. The number of aliphatic hydroxyl groups is 1. The van der Waals surface area contributed by atoms with Gasteiger partial charge in [0.05, 0.1) is 18.6 Å². The number of hydrogen-bond acceptors (Lipinski definition) is 3. The highest BCUT2D eigenvalue weighted by Crippen LogP contribution is 2.35. The number of carboxylic acid groups (broad SMARTS) is 1. The first-order valence-electron chi connectivity index (χ1n) is 6.93.